The van der Waals surface area contributed by atoms with E-state index in [1.807, 2.05) is 32.0 Å². The van der Waals surface area contributed by atoms with Gasteiger partial charge in [-0.2, -0.15) is 0 Å². The molecule has 110 valence electrons. The number of carboxylic acid groups (broad SMARTS) is 1. The van der Waals surface area contributed by atoms with Gasteiger partial charge < -0.3 is 15.7 Å². The van der Waals surface area contributed by atoms with E-state index in [2.05, 4.69) is 12.1 Å². The van der Waals surface area contributed by atoms with Crippen molar-refractivity contribution in [2.24, 2.45) is 11.7 Å². The van der Waals surface area contributed by atoms with Crippen LogP contribution in [0.4, 0.5) is 4.79 Å². The molecule has 1 aromatic carbocycles. The molecule has 4 heteroatoms. The van der Waals surface area contributed by atoms with Crippen LogP contribution in [-0.2, 0) is 0 Å². The second-order valence-electron chi connectivity index (χ2n) is 6.35. The van der Waals surface area contributed by atoms with E-state index in [-0.39, 0.29) is 5.54 Å². The molecule has 1 aliphatic rings. The molecule has 0 saturated carbocycles. The summed E-state index contributed by atoms with van der Waals surface area (Å²) in [5.41, 5.74) is 6.90. The zero-order valence-electron chi connectivity index (χ0n) is 12.2. The van der Waals surface area contributed by atoms with E-state index in [1.165, 1.54) is 5.56 Å². The van der Waals surface area contributed by atoms with E-state index in [9.17, 15) is 9.90 Å². The van der Waals surface area contributed by atoms with Crippen LogP contribution >= 0.6 is 0 Å². The first kappa shape index (κ1) is 14.9. The topological polar surface area (TPSA) is 66.6 Å². The third-order valence-electron chi connectivity index (χ3n) is 4.36. The average molecular weight is 276 g/mol. The summed E-state index contributed by atoms with van der Waals surface area (Å²) in [5.74, 6) is 0.695. The summed E-state index contributed by atoms with van der Waals surface area (Å²) < 4.78 is 0. The summed E-state index contributed by atoms with van der Waals surface area (Å²) >= 11 is 0. The van der Waals surface area contributed by atoms with Gasteiger partial charge in [-0.3, -0.25) is 0 Å². The number of likely N-dealkylation sites (tertiary alicyclic amines) is 1. The molecule has 2 rings (SSSR count). The smallest absolute Gasteiger partial charge is 0.407 e. The minimum Gasteiger partial charge on any atom is -0.465 e. The molecule has 0 spiro atoms. The van der Waals surface area contributed by atoms with Crippen LogP contribution in [0.3, 0.4) is 0 Å². The molecule has 1 amide bonds. The third kappa shape index (κ3) is 3.12. The van der Waals surface area contributed by atoms with Gasteiger partial charge in [-0.05, 0) is 50.6 Å². The Morgan fingerprint density at radius 2 is 2.10 bits per heavy atom. The Morgan fingerprint density at radius 1 is 1.45 bits per heavy atom. The molecule has 1 fully saturated rings. The lowest BCUT2D eigenvalue weighted by Crippen LogP contribution is -2.41. The van der Waals surface area contributed by atoms with Gasteiger partial charge in [0.2, 0.25) is 0 Å². The first-order valence-electron chi connectivity index (χ1n) is 7.19. The molecule has 0 bridgehead atoms. The first-order chi connectivity index (χ1) is 9.44. The Kier molecular flexibility index (Phi) is 4.33. The van der Waals surface area contributed by atoms with Crippen LogP contribution in [0.5, 0.6) is 0 Å². The highest BCUT2D eigenvalue weighted by Crippen LogP contribution is 2.37. The molecule has 2 atom stereocenters. The highest BCUT2D eigenvalue weighted by molar-refractivity contribution is 5.66. The summed E-state index contributed by atoms with van der Waals surface area (Å²) in [7, 11) is 0. The highest BCUT2D eigenvalue weighted by Gasteiger charge is 2.41. The van der Waals surface area contributed by atoms with Crippen molar-refractivity contribution in [2.75, 3.05) is 13.1 Å². The molecule has 1 aromatic rings. The second kappa shape index (κ2) is 5.83. The van der Waals surface area contributed by atoms with Crippen molar-refractivity contribution in [3.05, 3.63) is 35.9 Å². The van der Waals surface area contributed by atoms with E-state index in [0.29, 0.717) is 24.9 Å². The van der Waals surface area contributed by atoms with E-state index >= 15 is 0 Å². The Labute approximate surface area is 120 Å². The summed E-state index contributed by atoms with van der Waals surface area (Å²) in [6, 6.07) is 10.3. The van der Waals surface area contributed by atoms with Crippen molar-refractivity contribution >= 4 is 6.09 Å². The van der Waals surface area contributed by atoms with Gasteiger partial charge in [0, 0.05) is 12.1 Å². The van der Waals surface area contributed by atoms with Crippen LogP contribution in [0.2, 0.25) is 0 Å². The maximum absolute atomic E-state index is 11.3. The van der Waals surface area contributed by atoms with Gasteiger partial charge in [-0.15, -0.1) is 0 Å². The normalized spacial score (nSPS) is 22.8. The molecule has 20 heavy (non-hydrogen) atoms. The summed E-state index contributed by atoms with van der Waals surface area (Å²) in [4.78, 5) is 12.9. The van der Waals surface area contributed by atoms with Crippen LogP contribution < -0.4 is 5.73 Å². The number of carbonyl (C=O) groups is 1. The van der Waals surface area contributed by atoms with Crippen LogP contribution in [0.15, 0.2) is 30.3 Å². The number of nitrogens with zero attached hydrogens (tertiary/aromatic N) is 1. The lowest BCUT2D eigenvalue weighted by atomic mass is 9.85. The largest absolute Gasteiger partial charge is 0.465 e. The Bertz CT molecular complexity index is 459. The number of benzene rings is 1. The molecule has 1 aliphatic heterocycles. The molecule has 0 radical (unpaired) electrons. The monoisotopic (exact) mass is 276 g/mol. The van der Waals surface area contributed by atoms with Crippen molar-refractivity contribution in [1.82, 2.24) is 4.90 Å². The number of hydrogen-bond acceptors (Lipinski definition) is 2. The molecule has 3 N–H and O–H groups in total. The number of nitrogens with two attached hydrogens (primary N) is 1. The Morgan fingerprint density at radius 3 is 2.60 bits per heavy atom. The zero-order valence-corrected chi connectivity index (χ0v) is 12.2. The van der Waals surface area contributed by atoms with E-state index in [0.717, 1.165) is 12.8 Å². The minimum atomic E-state index is -0.818. The van der Waals surface area contributed by atoms with Gasteiger partial charge in [-0.1, -0.05) is 30.3 Å². The zero-order chi connectivity index (χ0) is 14.8. The molecule has 0 aromatic heterocycles. The SMILES string of the molecule is CC1(C)CC(CC(CN)c2ccccc2)CN1C(=O)O. The van der Waals surface area contributed by atoms with Gasteiger partial charge in [0.1, 0.15) is 0 Å². The van der Waals surface area contributed by atoms with Gasteiger partial charge in [0.15, 0.2) is 0 Å². The van der Waals surface area contributed by atoms with Crippen LogP contribution in [-0.4, -0.2) is 34.7 Å². The molecule has 1 saturated heterocycles. The lowest BCUT2D eigenvalue weighted by Gasteiger charge is -2.28. The van der Waals surface area contributed by atoms with Crippen molar-refractivity contribution in [3.63, 3.8) is 0 Å². The summed E-state index contributed by atoms with van der Waals surface area (Å²) in [6.45, 7) is 5.22. The fraction of sp³-hybridized carbons (Fsp3) is 0.562. The molecular weight excluding hydrogens is 252 g/mol. The predicted molar refractivity (Wildman–Crippen MR) is 79.8 cm³/mol. The highest BCUT2D eigenvalue weighted by atomic mass is 16.4. The van der Waals surface area contributed by atoms with Gasteiger partial charge in [0.25, 0.3) is 0 Å². The maximum Gasteiger partial charge on any atom is 0.407 e. The fourth-order valence-corrected chi connectivity index (χ4v) is 3.38. The van der Waals surface area contributed by atoms with Gasteiger partial charge in [-0.25, -0.2) is 4.79 Å². The molecule has 4 nitrogen and oxygen atoms in total. The lowest BCUT2D eigenvalue weighted by molar-refractivity contribution is 0.117. The van der Waals surface area contributed by atoms with E-state index < -0.39 is 6.09 Å². The van der Waals surface area contributed by atoms with Crippen LogP contribution in [0, 0.1) is 5.92 Å². The summed E-state index contributed by atoms with van der Waals surface area (Å²) in [5, 5.41) is 9.28. The molecule has 2 unspecified atom stereocenters. The molecular formula is C16H24N2O2. The van der Waals surface area contributed by atoms with Crippen molar-refractivity contribution in [2.45, 2.75) is 38.1 Å². The molecule has 1 heterocycles. The number of rotatable bonds is 4. The third-order valence-corrected chi connectivity index (χ3v) is 4.36. The molecule has 0 aliphatic carbocycles. The number of hydrogen-bond donors (Lipinski definition) is 2. The Hall–Kier alpha value is -1.55. The maximum atomic E-state index is 11.3. The van der Waals surface area contributed by atoms with Crippen molar-refractivity contribution in [3.8, 4) is 0 Å². The fourth-order valence-electron chi connectivity index (χ4n) is 3.38. The van der Waals surface area contributed by atoms with E-state index in [4.69, 9.17) is 5.73 Å². The van der Waals surface area contributed by atoms with E-state index in [1.54, 1.807) is 4.90 Å². The Balaban J connectivity index is 2.05. The van der Waals surface area contributed by atoms with Crippen LogP contribution in [0.25, 0.3) is 0 Å². The van der Waals surface area contributed by atoms with Crippen molar-refractivity contribution < 1.29 is 9.90 Å². The average Bonchev–Trinajstić information content (AvgIpc) is 2.72. The standard InChI is InChI=1S/C16H24N2O2/c1-16(2)9-12(11-18(16)15(19)20)8-14(10-17)13-6-4-3-5-7-13/h3-7,12,14H,8-11,17H2,1-2H3,(H,19,20). The predicted octanol–water partition coefficient (Wildman–Crippen LogP) is 2.90. The second-order valence-corrected chi connectivity index (χ2v) is 6.35. The number of amides is 1. The minimum absolute atomic E-state index is 0.271. The first-order valence-corrected chi connectivity index (χ1v) is 7.19. The summed E-state index contributed by atoms with van der Waals surface area (Å²) in [6.07, 6.45) is 1.04. The van der Waals surface area contributed by atoms with Crippen LogP contribution in [0.1, 0.15) is 38.2 Å². The van der Waals surface area contributed by atoms with Gasteiger partial charge in [0.05, 0.1) is 0 Å². The quantitative estimate of drug-likeness (QED) is 0.888. The van der Waals surface area contributed by atoms with Crippen molar-refractivity contribution in [1.29, 1.82) is 0 Å². The van der Waals surface area contributed by atoms with Gasteiger partial charge >= 0.3 is 6.09 Å².